The molecule has 0 radical (unpaired) electrons. The standard InChI is InChI=1S/C17H18N2O3S/c1-13-7-5-6-10-16(13)23(21,22)18-14-11-17(20)19(12-14)15-8-3-2-4-9-15/h2-10,14,18H,11-12H2,1H3. The molecule has 1 aliphatic rings. The molecule has 2 aromatic rings. The second kappa shape index (κ2) is 6.14. The number of nitrogens with one attached hydrogen (secondary N) is 1. The van der Waals surface area contributed by atoms with Gasteiger partial charge in [-0.05, 0) is 30.7 Å². The van der Waals surface area contributed by atoms with Gasteiger partial charge in [-0.2, -0.15) is 0 Å². The second-order valence-electron chi connectivity index (χ2n) is 5.63. The summed E-state index contributed by atoms with van der Waals surface area (Å²) in [6.45, 7) is 2.10. The molecule has 6 heteroatoms. The number of anilines is 1. The van der Waals surface area contributed by atoms with Gasteiger partial charge < -0.3 is 4.90 Å². The molecule has 1 saturated heterocycles. The van der Waals surface area contributed by atoms with Crippen LogP contribution in [0.4, 0.5) is 5.69 Å². The van der Waals surface area contributed by atoms with Crippen LogP contribution in [0.15, 0.2) is 59.5 Å². The number of sulfonamides is 1. The number of nitrogens with zero attached hydrogens (tertiary/aromatic N) is 1. The molecule has 0 spiro atoms. The zero-order valence-electron chi connectivity index (χ0n) is 12.8. The van der Waals surface area contributed by atoms with Crippen LogP contribution >= 0.6 is 0 Å². The molecule has 23 heavy (non-hydrogen) atoms. The van der Waals surface area contributed by atoms with Gasteiger partial charge in [0.25, 0.3) is 0 Å². The zero-order valence-corrected chi connectivity index (χ0v) is 13.6. The number of hydrogen-bond acceptors (Lipinski definition) is 3. The Morgan fingerprint density at radius 2 is 1.70 bits per heavy atom. The number of hydrogen-bond donors (Lipinski definition) is 1. The van der Waals surface area contributed by atoms with Gasteiger partial charge in [0.15, 0.2) is 0 Å². The highest BCUT2D eigenvalue weighted by atomic mass is 32.2. The molecule has 2 aromatic carbocycles. The van der Waals surface area contributed by atoms with Crippen LogP contribution in [0.1, 0.15) is 12.0 Å². The normalized spacial score (nSPS) is 18.4. The summed E-state index contributed by atoms with van der Waals surface area (Å²) in [6.07, 6.45) is 0.167. The number of carbonyl (C=O) groups excluding carboxylic acids is 1. The number of benzene rings is 2. The van der Waals surface area contributed by atoms with Crippen molar-refractivity contribution in [1.29, 1.82) is 0 Å². The average Bonchev–Trinajstić information content (AvgIpc) is 2.88. The highest BCUT2D eigenvalue weighted by Crippen LogP contribution is 2.23. The Balaban J connectivity index is 1.77. The van der Waals surface area contributed by atoms with E-state index in [0.717, 1.165) is 5.69 Å². The Labute approximate surface area is 136 Å². The van der Waals surface area contributed by atoms with Crippen LogP contribution in [0.2, 0.25) is 0 Å². The van der Waals surface area contributed by atoms with Gasteiger partial charge in [-0.25, -0.2) is 13.1 Å². The predicted molar refractivity (Wildman–Crippen MR) is 88.7 cm³/mol. The lowest BCUT2D eigenvalue weighted by Crippen LogP contribution is -2.37. The molecule has 0 saturated carbocycles. The van der Waals surface area contributed by atoms with Crippen molar-refractivity contribution < 1.29 is 13.2 Å². The second-order valence-corrected chi connectivity index (χ2v) is 7.31. The van der Waals surface area contributed by atoms with Gasteiger partial charge in [0.2, 0.25) is 15.9 Å². The third-order valence-electron chi connectivity index (χ3n) is 3.90. The maximum atomic E-state index is 12.5. The maximum Gasteiger partial charge on any atom is 0.241 e. The number of aryl methyl sites for hydroxylation is 1. The van der Waals surface area contributed by atoms with E-state index in [4.69, 9.17) is 0 Å². The lowest BCUT2D eigenvalue weighted by molar-refractivity contribution is -0.117. The largest absolute Gasteiger partial charge is 0.311 e. The summed E-state index contributed by atoms with van der Waals surface area (Å²) in [5.41, 5.74) is 1.47. The van der Waals surface area contributed by atoms with E-state index in [1.807, 2.05) is 30.3 Å². The van der Waals surface area contributed by atoms with Crippen molar-refractivity contribution in [3.8, 4) is 0 Å². The third-order valence-corrected chi connectivity index (χ3v) is 5.58. The van der Waals surface area contributed by atoms with Gasteiger partial charge in [-0.1, -0.05) is 36.4 Å². The molecule has 1 heterocycles. The molecule has 1 aliphatic heterocycles. The summed E-state index contributed by atoms with van der Waals surface area (Å²) in [4.78, 5) is 14.0. The summed E-state index contributed by atoms with van der Waals surface area (Å²) < 4.78 is 27.7. The van der Waals surface area contributed by atoms with Crippen molar-refractivity contribution in [3.63, 3.8) is 0 Å². The summed E-state index contributed by atoms with van der Waals surface area (Å²) in [5.74, 6) is -0.0753. The first-order valence-corrected chi connectivity index (χ1v) is 8.89. The lowest BCUT2D eigenvalue weighted by atomic mass is 10.2. The molecule has 0 aromatic heterocycles. The maximum absolute atomic E-state index is 12.5. The Bertz CT molecular complexity index is 819. The molecular weight excluding hydrogens is 312 g/mol. The fourth-order valence-electron chi connectivity index (χ4n) is 2.78. The van der Waals surface area contributed by atoms with Crippen LogP contribution in [0, 0.1) is 6.92 Å². The number of amides is 1. The van der Waals surface area contributed by atoms with Crippen LogP contribution < -0.4 is 9.62 Å². The molecule has 120 valence electrons. The van der Waals surface area contributed by atoms with Gasteiger partial charge >= 0.3 is 0 Å². The van der Waals surface area contributed by atoms with E-state index in [-0.39, 0.29) is 17.2 Å². The quantitative estimate of drug-likeness (QED) is 0.933. The molecule has 0 aliphatic carbocycles. The van der Waals surface area contributed by atoms with Crippen LogP contribution in [0.25, 0.3) is 0 Å². The fraction of sp³-hybridized carbons (Fsp3) is 0.235. The van der Waals surface area contributed by atoms with Crippen LogP contribution in [-0.2, 0) is 14.8 Å². The molecule has 1 atom stereocenters. The fourth-order valence-corrected chi connectivity index (χ4v) is 4.26. The lowest BCUT2D eigenvalue weighted by Gasteiger charge is -2.17. The topological polar surface area (TPSA) is 66.5 Å². The zero-order chi connectivity index (χ0) is 16.4. The number of rotatable bonds is 4. The molecule has 3 rings (SSSR count). The van der Waals surface area contributed by atoms with Crippen molar-refractivity contribution >= 4 is 21.6 Å². The molecule has 0 bridgehead atoms. The van der Waals surface area contributed by atoms with E-state index in [9.17, 15) is 13.2 Å². The first-order valence-electron chi connectivity index (χ1n) is 7.41. The molecule has 1 amide bonds. The van der Waals surface area contributed by atoms with Crippen molar-refractivity contribution in [2.75, 3.05) is 11.4 Å². The first kappa shape index (κ1) is 15.7. The molecular formula is C17H18N2O3S. The summed E-state index contributed by atoms with van der Waals surface area (Å²) in [7, 11) is -3.63. The first-order chi connectivity index (χ1) is 11.0. The van der Waals surface area contributed by atoms with E-state index in [0.29, 0.717) is 12.1 Å². The smallest absolute Gasteiger partial charge is 0.241 e. The van der Waals surface area contributed by atoms with E-state index in [2.05, 4.69) is 4.72 Å². The highest BCUT2D eigenvalue weighted by Gasteiger charge is 2.33. The Hall–Kier alpha value is -2.18. The SMILES string of the molecule is Cc1ccccc1S(=O)(=O)NC1CC(=O)N(c2ccccc2)C1. The average molecular weight is 330 g/mol. The van der Waals surface area contributed by atoms with Crippen LogP contribution in [0.3, 0.4) is 0 Å². The number of carbonyl (C=O) groups is 1. The van der Waals surface area contributed by atoms with E-state index in [1.165, 1.54) is 0 Å². The minimum atomic E-state index is -3.63. The van der Waals surface area contributed by atoms with E-state index in [1.54, 1.807) is 36.1 Å². The molecule has 5 nitrogen and oxygen atoms in total. The summed E-state index contributed by atoms with van der Waals surface area (Å²) in [6, 6.07) is 15.7. The third kappa shape index (κ3) is 3.28. The molecule has 1 N–H and O–H groups in total. The van der Waals surface area contributed by atoms with Crippen molar-refractivity contribution in [2.24, 2.45) is 0 Å². The van der Waals surface area contributed by atoms with Gasteiger partial charge in [0.05, 0.1) is 4.90 Å². The van der Waals surface area contributed by atoms with Crippen molar-refractivity contribution in [2.45, 2.75) is 24.3 Å². The Morgan fingerprint density at radius 1 is 1.04 bits per heavy atom. The highest BCUT2D eigenvalue weighted by molar-refractivity contribution is 7.89. The molecule has 1 unspecified atom stereocenters. The van der Waals surface area contributed by atoms with E-state index < -0.39 is 16.1 Å². The van der Waals surface area contributed by atoms with E-state index >= 15 is 0 Å². The van der Waals surface area contributed by atoms with Gasteiger partial charge in [-0.3, -0.25) is 4.79 Å². The van der Waals surface area contributed by atoms with Crippen LogP contribution in [-0.4, -0.2) is 26.9 Å². The Kier molecular flexibility index (Phi) is 4.19. The summed E-state index contributed by atoms with van der Waals surface area (Å²) >= 11 is 0. The monoisotopic (exact) mass is 330 g/mol. The van der Waals surface area contributed by atoms with Crippen molar-refractivity contribution in [1.82, 2.24) is 4.72 Å². The van der Waals surface area contributed by atoms with Gasteiger partial charge in [-0.15, -0.1) is 0 Å². The minimum absolute atomic E-state index is 0.0753. The number of para-hydroxylation sites is 1. The van der Waals surface area contributed by atoms with Crippen LogP contribution in [0.5, 0.6) is 0 Å². The summed E-state index contributed by atoms with van der Waals surface area (Å²) in [5, 5.41) is 0. The predicted octanol–water partition coefficient (Wildman–Crippen LogP) is 2.08. The van der Waals surface area contributed by atoms with Crippen molar-refractivity contribution in [3.05, 3.63) is 60.2 Å². The molecule has 1 fully saturated rings. The Morgan fingerprint density at radius 3 is 2.39 bits per heavy atom. The van der Waals surface area contributed by atoms with Gasteiger partial charge in [0, 0.05) is 24.7 Å². The van der Waals surface area contributed by atoms with Gasteiger partial charge in [0.1, 0.15) is 0 Å². The minimum Gasteiger partial charge on any atom is -0.311 e.